The van der Waals surface area contributed by atoms with Gasteiger partial charge in [0.1, 0.15) is 12.4 Å². The fourth-order valence-electron chi connectivity index (χ4n) is 2.84. The molecule has 7 heteroatoms. The molecule has 0 saturated carbocycles. The van der Waals surface area contributed by atoms with Gasteiger partial charge < -0.3 is 18.9 Å². The third kappa shape index (κ3) is 4.11. The van der Waals surface area contributed by atoms with Crippen LogP contribution in [0.2, 0.25) is 10.0 Å². The van der Waals surface area contributed by atoms with E-state index in [0.29, 0.717) is 45.2 Å². The predicted molar refractivity (Wildman–Crippen MR) is 110 cm³/mol. The molecule has 146 valence electrons. The zero-order valence-electron chi connectivity index (χ0n) is 15.5. The summed E-state index contributed by atoms with van der Waals surface area (Å²) in [6, 6.07) is 6.60. The van der Waals surface area contributed by atoms with Gasteiger partial charge >= 0.3 is 0 Å². The highest BCUT2D eigenvalue weighted by molar-refractivity contribution is 6.36. The minimum Gasteiger partial charge on any atom is -0.493 e. The average Bonchev–Trinajstić information content (AvgIpc) is 2.70. The van der Waals surface area contributed by atoms with Crippen LogP contribution in [-0.2, 0) is 0 Å². The Morgan fingerprint density at radius 1 is 1.04 bits per heavy atom. The molecule has 2 aromatic rings. The first-order chi connectivity index (χ1) is 13.5. The van der Waals surface area contributed by atoms with Gasteiger partial charge in [-0.25, -0.2) is 0 Å². The normalized spacial score (nSPS) is 12.8. The van der Waals surface area contributed by atoms with Gasteiger partial charge in [-0.1, -0.05) is 29.3 Å². The molecule has 0 fully saturated rings. The van der Waals surface area contributed by atoms with E-state index in [1.54, 1.807) is 30.3 Å². The Kier molecular flexibility index (Phi) is 6.17. The lowest BCUT2D eigenvalue weighted by Crippen LogP contribution is -2.07. The van der Waals surface area contributed by atoms with Crippen molar-refractivity contribution in [3.8, 4) is 23.0 Å². The first kappa shape index (κ1) is 20.1. The third-order valence-corrected chi connectivity index (χ3v) is 4.66. The molecule has 0 atom stereocenters. The van der Waals surface area contributed by atoms with Gasteiger partial charge in [-0.05, 0) is 42.0 Å². The fraction of sp³-hybridized carbons (Fsp3) is 0.190. The molecule has 1 aliphatic rings. The lowest BCUT2D eigenvalue weighted by molar-refractivity contribution is 0.104. The van der Waals surface area contributed by atoms with E-state index in [2.05, 4.69) is 0 Å². The molecule has 0 amide bonds. The van der Waals surface area contributed by atoms with Crippen molar-refractivity contribution in [1.82, 2.24) is 0 Å². The molecule has 0 bridgehead atoms. The fourth-order valence-corrected chi connectivity index (χ4v) is 3.40. The van der Waals surface area contributed by atoms with Crippen molar-refractivity contribution in [2.75, 3.05) is 27.9 Å². The van der Waals surface area contributed by atoms with E-state index in [-0.39, 0.29) is 5.78 Å². The largest absolute Gasteiger partial charge is 0.493 e. The Hall–Kier alpha value is -2.63. The lowest BCUT2D eigenvalue weighted by atomic mass is 10.0. The molecule has 0 radical (unpaired) electrons. The second kappa shape index (κ2) is 8.59. The number of methoxy groups -OCH3 is 3. The number of ketones is 1. The Morgan fingerprint density at radius 3 is 2.32 bits per heavy atom. The van der Waals surface area contributed by atoms with Crippen molar-refractivity contribution < 1.29 is 23.7 Å². The van der Waals surface area contributed by atoms with Crippen LogP contribution in [0, 0.1) is 0 Å². The van der Waals surface area contributed by atoms with Crippen LogP contribution in [0.5, 0.6) is 23.0 Å². The quantitative estimate of drug-likeness (QED) is 0.472. The van der Waals surface area contributed by atoms with E-state index >= 15 is 0 Å². The van der Waals surface area contributed by atoms with Gasteiger partial charge in [0.2, 0.25) is 5.75 Å². The topological polar surface area (TPSA) is 54.0 Å². The number of hydrogen-bond donors (Lipinski definition) is 0. The second-order valence-electron chi connectivity index (χ2n) is 5.93. The number of ether oxygens (including phenoxy) is 4. The summed E-state index contributed by atoms with van der Waals surface area (Å²) in [5.74, 6) is 1.63. The maximum atomic E-state index is 12.6. The van der Waals surface area contributed by atoms with Gasteiger partial charge in [0.25, 0.3) is 0 Å². The molecule has 0 N–H and O–H groups in total. The van der Waals surface area contributed by atoms with Gasteiger partial charge in [-0.3, -0.25) is 4.79 Å². The van der Waals surface area contributed by atoms with Crippen molar-refractivity contribution in [2.45, 2.75) is 0 Å². The smallest absolute Gasteiger partial charge is 0.203 e. The molecule has 0 aliphatic carbocycles. The summed E-state index contributed by atoms with van der Waals surface area (Å²) >= 11 is 12.2. The number of halogens is 2. The zero-order chi connectivity index (χ0) is 20.3. The summed E-state index contributed by atoms with van der Waals surface area (Å²) in [7, 11) is 4.51. The van der Waals surface area contributed by atoms with E-state index < -0.39 is 0 Å². The van der Waals surface area contributed by atoms with Gasteiger partial charge in [-0.2, -0.15) is 0 Å². The van der Waals surface area contributed by atoms with Gasteiger partial charge in [0, 0.05) is 16.1 Å². The van der Waals surface area contributed by atoms with Crippen molar-refractivity contribution in [3.05, 3.63) is 63.2 Å². The number of allylic oxidation sites excluding steroid dienone is 1. The first-order valence-corrected chi connectivity index (χ1v) is 9.07. The predicted octanol–water partition coefficient (Wildman–Crippen LogP) is 5.23. The number of carbonyl (C=O) groups is 1. The van der Waals surface area contributed by atoms with Crippen LogP contribution in [0.3, 0.4) is 0 Å². The van der Waals surface area contributed by atoms with Crippen LogP contribution in [0.1, 0.15) is 15.9 Å². The molecule has 3 rings (SSSR count). The molecule has 1 heterocycles. The van der Waals surface area contributed by atoms with E-state index in [9.17, 15) is 4.79 Å². The molecule has 28 heavy (non-hydrogen) atoms. The molecular formula is C21H18Cl2O5. The Labute approximate surface area is 173 Å². The minimum absolute atomic E-state index is 0.213. The lowest BCUT2D eigenvalue weighted by Gasteiger charge is -2.17. The Morgan fingerprint density at radius 2 is 1.71 bits per heavy atom. The molecule has 0 unspecified atom stereocenters. The van der Waals surface area contributed by atoms with E-state index in [1.165, 1.54) is 27.4 Å². The standard InChI is InChI=1S/C21H18Cl2O5/c1-25-18-8-13(9-19(26-2)21(18)27-3)17(24)5-4-12-6-14-7-15(22)10-16(23)20(14)28-11-12/h4-10H,11H2,1-3H3. The Bertz CT molecular complexity index is 954. The van der Waals surface area contributed by atoms with Crippen molar-refractivity contribution >= 4 is 35.1 Å². The number of fused-ring (bicyclic) bond motifs is 1. The van der Waals surface area contributed by atoms with Crippen LogP contribution in [0.25, 0.3) is 6.08 Å². The van der Waals surface area contributed by atoms with Gasteiger partial charge in [0.05, 0.1) is 26.4 Å². The van der Waals surface area contributed by atoms with Crippen LogP contribution in [0.4, 0.5) is 0 Å². The molecule has 0 spiro atoms. The number of carbonyl (C=O) groups excluding carboxylic acids is 1. The number of rotatable bonds is 6. The highest BCUT2D eigenvalue weighted by atomic mass is 35.5. The van der Waals surface area contributed by atoms with Crippen LogP contribution in [-0.4, -0.2) is 33.7 Å². The maximum absolute atomic E-state index is 12.6. The van der Waals surface area contributed by atoms with Crippen LogP contribution in [0.15, 0.2) is 42.0 Å². The van der Waals surface area contributed by atoms with Crippen molar-refractivity contribution in [1.29, 1.82) is 0 Å². The van der Waals surface area contributed by atoms with Gasteiger partial charge in [-0.15, -0.1) is 0 Å². The summed E-state index contributed by atoms with van der Waals surface area (Å²) in [4.78, 5) is 12.6. The Balaban J connectivity index is 1.87. The van der Waals surface area contributed by atoms with Gasteiger partial charge in [0.15, 0.2) is 17.3 Å². The first-order valence-electron chi connectivity index (χ1n) is 8.31. The number of hydrogen-bond acceptors (Lipinski definition) is 5. The zero-order valence-corrected chi connectivity index (χ0v) is 17.1. The average molecular weight is 421 g/mol. The highest BCUT2D eigenvalue weighted by Crippen LogP contribution is 2.39. The minimum atomic E-state index is -0.213. The summed E-state index contributed by atoms with van der Waals surface area (Å²) in [5, 5.41) is 0.970. The molecule has 5 nitrogen and oxygen atoms in total. The maximum Gasteiger partial charge on any atom is 0.203 e. The van der Waals surface area contributed by atoms with Crippen molar-refractivity contribution in [2.24, 2.45) is 0 Å². The monoisotopic (exact) mass is 420 g/mol. The second-order valence-corrected chi connectivity index (χ2v) is 6.77. The molecular weight excluding hydrogens is 403 g/mol. The van der Waals surface area contributed by atoms with Crippen LogP contribution < -0.4 is 18.9 Å². The summed E-state index contributed by atoms with van der Waals surface area (Å²) < 4.78 is 21.5. The molecule has 1 aliphatic heterocycles. The number of benzene rings is 2. The molecule has 0 saturated heterocycles. The summed E-state index contributed by atoms with van der Waals surface area (Å²) in [6.07, 6.45) is 5.05. The summed E-state index contributed by atoms with van der Waals surface area (Å²) in [6.45, 7) is 0.299. The molecule has 0 aromatic heterocycles. The van der Waals surface area contributed by atoms with E-state index in [4.69, 9.17) is 42.1 Å². The SMILES string of the molecule is COc1cc(C(=O)C=CC2=Cc3cc(Cl)cc(Cl)c3OC2)cc(OC)c1OC. The van der Waals surface area contributed by atoms with E-state index in [0.717, 1.165) is 11.1 Å². The molecule has 2 aromatic carbocycles. The highest BCUT2D eigenvalue weighted by Gasteiger charge is 2.17. The summed E-state index contributed by atoms with van der Waals surface area (Å²) in [5.41, 5.74) is 1.99. The van der Waals surface area contributed by atoms with E-state index in [1.807, 2.05) is 6.08 Å². The van der Waals surface area contributed by atoms with Crippen LogP contribution >= 0.6 is 23.2 Å². The third-order valence-electron chi connectivity index (χ3n) is 4.16. The van der Waals surface area contributed by atoms with Crippen molar-refractivity contribution in [3.63, 3.8) is 0 Å².